The number of rotatable bonds is 5. The second-order valence-corrected chi connectivity index (χ2v) is 6.88. The summed E-state index contributed by atoms with van der Waals surface area (Å²) in [5.41, 5.74) is 2.12. The lowest BCUT2D eigenvalue weighted by atomic mass is 9.99. The number of anilines is 1. The molecule has 0 radical (unpaired) electrons. The van der Waals surface area contributed by atoms with Crippen molar-refractivity contribution in [3.05, 3.63) is 47.3 Å². The van der Waals surface area contributed by atoms with E-state index in [0.29, 0.717) is 12.5 Å². The zero-order chi connectivity index (χ0) is 18.7. The molecule has 7 heteroatoms. The summed E-state index contributed by atoms with van der Waals surface area (Å²) in [4.78, 5) is 25.9. The molecule has 1 aromatic carbocycles. The van der Waals surface area contributed by atoms with Gasteiger partial charge in [0.15, 0.2) is 0 Å². The Labute approximate surface area is 152 Å². The van der Waals surface area contributed by atoms with Gasteiger partial charge in [-0.3, -0.25) is 9.48 Å². The predicted molar refractivity (Wildman–Crippen MR) is 98.4 cm³/mol. The molecule has 1 amide bonds. The van der Waals surface area contributed by atoms with Crippen molar-refractivity contribution in [2.75, 3.05) is 18.0 Å². The normalized spacial score (nSPS) is 17.2. The van der Waals surface area contributed by atoms with Crippen molar-refractivity contribution in [2.24, 2.45) is 13.0 Å². The minimum absolute atomic E-state index is 0.0522. The monoisotopic (exact) mass is 356 g/mol. The van der Waals surface area contributed by atoms with Crippen LogP contribution in [0.15, 0.2) is 30.5 Å². The number of aromatic carboxylic acids is 1. The van der Waals surface area contributed by atoms with Gasteiger partial charge in [0.05, 0.1) is 6.20 Å². The maximum Gasteiger partial charge on any atom is 0.339 e. The number of carboxylic acid groups (broad SMARTS) is 1. The van der Waals surface area contributed by atoms with Gasteiger partial charge < -0.3 is 15.3 Å². The molecular formula is C19H24N4O3. The Bertz CT molecular complexity index is 798. The number of carbonyl (C=O) groups excluding carboxylic acids is 1. The Morgan fingerprint density at radius 1 is 1.31 bits per heavy atom. The van der Waals surface area contributed by atoms with Crippen molar-refractivity contribution in [1.82, 2.24) is 15.1 Å². The largest absolute Gasteiger partial charge is 0.478 e. The van der Waals surface area contributed by atoms with Crippen LogP contribution in [0.4, 0.5) is 5.69 Å². The molecular weight excluding hydrogens is 332 g/mol. The van der Waals surface area contributed by atoms with Crippen LogP contribution >= 0.6 is 0 Å². The first-order valence-corrected chi connectivity index (χ1v) is 8.83. The zero-order valence-electron chi connectivity index (χ0n) is 15.1. The number of hydrogen-bond acceptors (Lipinski definition) is 4. The first-order chi connectivity index (χ1) is 12.5. The van der Waals surface area contributed by atoms with Crippen LogP contribution in [-0.4, -0.2) is 39.9 Å². The molecule has 138 valence electrons. The molecule has 0 spiro atoms. The molecule has 1 aliphatic rings. The Morgan fingerprint density at radius 2 is 2.04 bits per heavy atom. The van der Waals surface area contributed by atoms with Gasteiger partial charge in [0.1, 0.15) is 11.3 Å². The number of piperidine rings is 1. The van der Waals surface area contributed by atoms with Gasteiger partial charge in [-0.1, -0.05) is 19.1 Å². The number of amides is 1. The first-order valence-electron chi connectivity index (χ1n) is 8.83. The maximum atomic E-state index is 12.3. The summed E-state index contributed by atoms with van der Waals surface area (Å²) < 4.78 is 1.28. The molecule has 26 heavy (non-hydrogen) atoms. The standard InChI is InChI=1S/C19H24N4O3/c1-13-4-3-9-23(12-13)15-7-5-14(6-8-15)10-20-18(24)17-16(19(25)26)11-21-22(17)2/h5-8,11,13H,3-4,9-10,12H2,1-2H3,(H,20,24)(H,25,26)/t13-/m1/s1. The van der Waals surface area contributed by atoms with E-state index in [1.54, 1.807) is 7.05 Å². The van der Waals surface area contributed by atoms with E-state index in [2.05, 4.69) is 34.4 Å². The van der Waals surface area contributed by atoms with Crippen molar-refractivity contribution in [3.63, 3.8) is 0 Å². The molecule has 2 N–H and O–H groups in total. The van der Waals surface area contributed by atoms with Gasteiger partial charge in [0.2, 0.25) is 0 Å². The Kier molecular flexibility index (Phi) is 5.25. The van der Waals surface area contributed by atoms with Gasteiger partial charge in [-0.2, -0.15) is 5.10 Å². The quantitative estimate of drug-likeness (QED) is 0.858. The smallest absolute Gasteiger partial charge is 0.339 e. The SMILES string of the molecule is C[C@@H]1CCCN(c2ccc(CNC(=O)c3c(C(=O)O)cnn3C)cc2)C1. The molecule has 1 fully saturated rings. The molecule has 3 rings (SSSR count). The van der Waals surface area contributed by atoms with E-state index < -0.39 is 11.9 Å². The third-order valence-corrected chi connectivity index (χ3v) is 4.80. The lowest BCUT2D eigenvalue weighted by Crippen LogP contribution is -2.34. The van der Waals surface area contributed by atoms with E-state index in [1.165, 1.54) is 29.4 Å². The van der Waals surface area contributed by atoms with Crippen LogP contribution in [0.2, 0.25) is 0 Å². The number of nitrogens with one attached hydrogen (secondary N) is 1. The fraction of sp³-hybridized carbons (Fsp3) is 0.421. The van der Waals surface area contributed by atoms with Gasteiger partial charge in [0, 0.05) is 32.4 Å². The number of nitrogens with zero attached hydrogens (tertiary/aromatic N) is 3. The number of aromatic nitrogens is 2. The summed E-state index contributed by atoms with van der Waals surface area (Å²) in [6, 6.07) is 8.14. The van der Waals surface area contributed by atoms with E-state index in [-0.39, 0.29) is 11.3 Å². The number of carbonyl (C=O) groups is 2. The summed E-state index contributed by atoms with van der Waals surface area (Å²) in [7, 11) is 1.55. The number of carboxylic acids is 1. The summed E-state index contributed by atoms with van der Waals surface area (Å²) in [6.45, 7) is 4.77. The highest BCUT2D eigenvalue weighted by atomic mass is 16.4. The number of hydrogen-bond donors (Lipinski definition) is 2. The highest BCUT2D eigenvalue weighted by Crippen LogP contribution is 2.23. The van der Waals surface area contributed by atoms with Gasteiger partial charge in [-0.15, -0.1) is 0 Å². The van der Waals surface area contributed by atoms with E-state index in [4.69, 9.17) is 5.11 Å². The summed E-state index contributed by atoms with van der Waals surface area (Å²) in [5.74, 6) is -0.898. The van der Waals surface area contributed by atoms with Crippen LogP contribution in [0.3, 0.4) is 0 Å². The fourth-order valence-electron chi connectivity index (χ4n) is 3.38. The average molecular weight is 356 g/mol. The van der Waals surface area contributed by atoms with Crippen molar-refractivity contribution in [1.29, 1.82) is 0 Å². The Balaban J connectivity index is 1.62. The molecule has 0 bridgehead atoms. The second kappa shape index (κ2) is 7.59. The molecule has 1 aromatic heterocycles. The highest BCUT2D eigenvalue weighted by Gasteiger charge is 2.21. The van der Waals surface area contributed by atoms with Crippen LogP contribution in [0.5, 0.6) is 0 Å². The molecule has 1 aliphatic heterocycles. The fourth-order valence-corrected chi connectivity index (χ4v) is 3.38. The molecule has 2 heterocycles. The predicted octanol–water partition coefficient (Wildman–Crippen LogP) is 2.28. The van der Waals surface area contributed by atoms with Crippen molar-refractivity contribution in [2.45, 2.75) is 26.3 Å². The van der Waals surface area contributed by atoms with Crippen LogP contribution in [-0.2, 0) is 13.6 Å². The lowest BCUT2D eigenvalue weighted by molar-refractivity contribution is 0.0690. The van der Waals surface area contributed by atoms with Gasteiger partial charge in [-0.05, 0) is 36.5 Å². The lowest BCUT2D eigenvalue weighted by Gasteiger charge is -2.32. The molecule has 0 unspecified atom stereocenters. The minimum atomic E-state index is -1.16. The third kappa shape index (κ3) is 3.87. The number of benzene rings is 1. The van der Waals surface area contributed by atoms with Gasteiger partial charge >= 0.3 is 5.97 Å². The second-order valence-electron chi connectivity index (χ2n) is 6.88. The molecule has 1 atom stereocenters. The topological polar surface area (TPSA) is 87.5 Å². The van der Waals surface area contributed by atoms with E-state index >= 15 is 0 Å². The first kappa shape index (κ1) is 18.0. The van der Waals surface area contributed by atoms with Crippen molar-refractivity contribution < 1.29 is 14.7 Å². The van der Waals surface area contributed by atoms with E-state index in [1.807, 2.05) is 12.1 Å². The minimum Gasteiger partial charge on any atom is -0.478 e. The van der Waals surface area contributed by atoms with Crippen molar-refractivity contribution in [3.8, 4) is 0 Å². The van der Waals surface area contributed by atoms with E-state index in [9.17, 15) is 9.59 Å². The molecule has 7 nitrogen and oxygen atoms in total. The highest BCUT2D eigenvalue weighted by molar-refractivity contribution is 6.03. The summed E-state index contributed by atoms with van der Waals surface area (Å²) >= 11 is 0. The molecule has 1 saturated heterocycles. The third-order valence-electron chi connectivity index (χ3n) is 4.80. The van der Waals surface area contributed by atoms with Gasteiger partial charge in [-0.25, -0.2) is 4.79 Å². The molecule has 0 saturated carbocycles. The summed E-state index contributed by atoms with van der Waals surface area (Å²) in [5, 5.41) is 15.8. The van der Waals surface area contributed by atoms with Crippen LogP contribution in [0, 0.1) is 5.92 Å². The zero-order valence-corrected chi connectivity index (χ0v) is 15.1. The van der Waals surface area contributed by atoms with Crippen LogP contribution < -0.4 is 10.2 Å². The van der Waals surface area contributed by atoms with Crippen LogP contribution in [0.25, 0.3) is 0 Å². The number of aryl methyl sites for hydroxylation is 1. The van der Waals surface area contributed by atoms with E-state index in [0.717, 1.165) is 18.7 Å². The Hall–Kier alpha value is -2.83. The van der Waals surface area contributed by atoms with Crippen LogP contribution in [0.1, 0.15) is 46.2 Å². The Morgan fingerprint density at radius 3 is 2.69 bits per heavy atom. The molecule has 2 aromatic rings. The molecule has 0 aliphatic carbocycles. The summed E-state index contributed by atoms with van der Waals surface area (Å²) in [6.07, 6.45) is 3.69. The van der Waals surface area contributed by atoms with Crippen molar-refractivity contribution >= 4 is 17.6 Å². The average Bonchev–Trinajstić information content (AvgIpc) is 3.02. The van der Waals surface area contributed by atoms with Gasteiger partial charge in [0.25, 0.3) is 5.91 Å². The maximum absolute atomic E-state index is 12.3.